The summed E-state index contributed by atoms with van der Waals surface area (Å²) in [5.41, 5.74) is -3.95. The maximum Gasteiger partial charge on any atom is 0.446 e. The van der Waals surface area contributed by atoms with Crippen molar-refractivity contribution < 1.29 is 27.1 Å². The number of rotatable bonds is 8. The van der Waals surface area contributed by atoms with E-state index in [2.05, 4.69) is 15.3 Å². The third-order valence-electron chi connectivity index (χ3n) is 5.04. The molecule has 2 N–H and O–H groups in total. The van der Waals surface area contributed by atoms with Gasteiger partial charge in [0, 0.05) is 17.4 Å². The Bertz CT molecular complexity index is 1240. The van der Waals surface area contributed by atoms with Crippen molar-refractivity contribution in [3.63, 3.8) is 0 Å². The molecule has 0 saturated carbocycles. The topological polar surface area (TPSA) is 84.1 Å². The van der Waals surface area contributed by atoms with E-state index in [0.717, 1.165) is 6.07 Å². The zero-order valence-electron chi connectivity index (χ0n) is 19.1. The summed E-state index contributed by atoms with van der Waals surface area (Å²) < 4.78 is 56.7. The minimum Gasteiger partial charge on any atom is -0.494 e. The summed E-state index contributed by atoms with van der Waals surface area (Å²) in [5.74, 6) is -1.05. The molecule has 1 heterocycles. The minimum absolute atomic E-state index is 0.0333. The first-order chi connectivity index (χ1) is 16.4. The third-order valence-corrected chi connectivity index (χ3v) is 5.78. The van der Waals surface area contributed by atoms with Gasteiger partial charge in [0.15, 0.2) is 11.6 Å². The number of aromatic amines is 1. The van der Waals surface area contributed by atoms with Crippen LogP contribution in [0.4, 0.5) is 17.6 Å². The number of aromatic nitrogens is 2. The minimum atomic E-state index is -4.39. The van der Waals surface area contributed by atoms with E-state index in [1.54, 1.807) is 6.07 Å². The number of hydrogen-bond donors (Lipinski definition) is 2. The second-order valence-electron chi connectivity index (χ2n) is 8.03. The molecule has 6 nitrogen and oxygen atoms in total. The average molecular weight is 510 g/mol. The number of nitrogens with one attached hydrogen (secondary N) is 2. The standard InChI is InChI=1S/C24H23F4N3O3S/c1-13(2)22(15-5-7-16(8-6-15)35-24(26,27)28)31-23(33)18-12-21(32)30-20(29-18)11-14-4-9-19(34-3)17(25)10-14/h4-10,12-13,22H,11H2,1-3H3,(H,31,33)(H,29,30,32). The van der Waals surface area contributed by atoms with Crippen molar-refractivity contribution in [2.24, 2.45) is 5.92 Å². The van der Waals surface area contributed by atoms with Gasteiger partial charge >= 0.3 is 5.51 Å². The number of alkyl halides is 3. The number of ether oxygens (including phenoxy) is 1. The Morgan fingerprint density at radius 3 is 2.40 bits per heavy atom. The molecule has 11 heteroatoms. The summed E-state index contributed by atoms with van der Waals surface area (Å²) in [6.45, 7) is 3.69. The predicted octanol–water partition coefficient (Wildman–Crippen LogP) is 5.25. The molecule has 1 amide bonds. The quantitative estimate of drug-likeness (QED) is 0.320. The lowest BCUT2D eigenvalue weighted by Gasteiger charge is -2.23. The van der Waals surface area contributed by atoms with Crippen LogP contribution in [0.15, 0.2) is 58.2 Å². The fourth-order valence-corrected chi connectivity index (χ4v) is 3.99. The smallest absolute Gasteiger partial charge is 0.446 e. The van der Waals surface area contributed by atoms with Crippen LogP contribution in [-0.2, 0) is 6.42 Å². The third kappa shape index (κ3) is 7.32. The van der Waals surface area contributed by atoms with Crippen LogP contribution < -0.4 is 15.6 Å². The maximum absolute atomic E-state index is 14.0. The molecule has 0 radical (unpaired) electrons. The molecular formula is C24H23F4N3O3S. The van der Waals surface area contributed by atoms with Gasteiger partial charge in [-0.2, -0.15) is 13.2 Å². The number of nitrogens with zero attached hydrogens (tertiary/aromatic N) is 1. The lowest BCUT2D eigenvalue weighted by Crippen LogP contribution is -2.33. The molecule has 3 aromatic rings. The van der Waals surface area contributed by atoms with E-state index in [1.165, 1.54) is 43.5 Å². The fourth-order valence-electron chi connectivity index (χ4n) is 3.45. The van der Waals surface area contributed by atoms with Gasteiger partial charge in [-0.15, -0.1) is 0 Å². The second-order valence-corrected chi connectivity index (χ2v) is 9.17. The van der Waals surface area contributed by atoms with Crippen molar-refractivity contribution in [2.75, 3.05) is 7.11 Å². The normalized spacial score (nSPS) is 12.5. The van der Waals surface area contributed by atoms with Crippen molar-refractivity contribution in [3.8, 4) is 5.75 Å². The molecule has 3 rings (SSSR count). The highest BCUT2D eigenvalue weighted by Gasteiger charge is 2.29. The number of carbonyl (C=O) groups excluding carboxylic acids is 1. The van der Waals surface area contributed by atoms with Crippen LogP contribution in [0.5, 0.6) is 5.75 Å². The van der Waals surface area contributed by atoms with Crippen LogP contribution in [-0.4, -0.2) is 28.5 Å². The molecule has 35 heavy (non-hydrogen) atoms. The molecular weight excluding hydrogens is 486 g/mol. The van der Waals surface area contributed by atoms with E-state index in [-0.39, 0.29) is 46.3 Å². The SMILES string of the molecule is COc1ccc(Cc2nc(C(=O)NC(c3ccc(SC(F)(F)F)cc3)C(C)C)cc(=O)[nH]2)cc1F. The Labute approximate surface area is 203 Å². The van der Waals surface area contributed by atoms with Crippen molar-refractivity contribution in [3.05, 3.63) is 87.3 Å². The van der Waals surface area contributed by atoms with Gasteiger partial charge in [-0.3, -0.25) is 9.59 Å². The van der Waals surface area contributed by atoms with Gasteiger partial charge in [0.1, 0.15) is 11.5 Å². The molecule has 1 aromatic heterocycles. The van der Waals surface area contributed by atoms with Gasteiger partial charge in [-0.05, 0) is 53.1 Å². The van der Waals surface area contributed by atoms with Crippen molar-refractivity contribution >= 4 is 17.7 Å². The summed E-state index contributed by atoms with van der Waals surface area (Å²) in [6, 6.07) is 10.6. The van der Waals surface area contributed by atoms with Crippen LogP contribution in [0.25, 0.3) is 0 Å². The fraction of sp³-hybridized carbons (Fsp3) is 0.292. The monoisotopic (exact) mass is 509 g/mol. The number of halogens is 4. The highest BCUT2D eigenvalue weighted by Crippen LogP contribution is 2.37. The van der Waals surface area contributed by atoms with E-state index in [1.807, 2.05) is 13.8 Å². The van der Waals surface area contributed by atoms with E-state index in [0.29, 0.717) is 11.1 Å². The van der Waals surface area contributed by atoms with Gasteiger partial charge < -0.3 is 15.0 Å². The summed E-state index contributed by atoms with van der Waals surface area (Å²) in [4.78, 5) is 31.9. The van der Waals surface area contributed by atoms with E-state index < -0.39 is 28.8 Å². The highest BCUT2D eigenvalue weighted by atomic mass is 32.2. The van der Waals surface area contributed by atoms with Gasteiger partial charge in [0.2, 0.25) is 0 Å². The Kier molecular flexibility index (Phi) is 8.21. The maximum atomic E-state index is 14.0. The number of carbonyl (C=O) groups is 1. The lowest BCUT2D eigenvalue weighted by molar-refractivity contribution is -0.0328. The Morgan fingerprint density at radius 2 is 1.83 bits per heavy atom. The zero-order chi connectivity index (χ0) is 25.8. The van der Waals surface area contributed by atoms with E-state index in [4.69, 9.17) is 4.74 Å². The van der Waals surface area contributed by atoms with Crippen molar-refractivity contribution in [1.82, 2.24) is 15.3 Å². The molecule has 0 aliphatic heterocycles. The Morgan fingerprint density at radius 1 is 1.14 bits per heavy atom. The summed E-state index contributed by atoms with van der Waals surface area (Å²) in [7, 11) is 1.35. The van der Waals surface area contributed by atoms with Crippen LogP contribution in [0, 0.1) is 11.7 Å². The Balaban J connectivity index is 1.79. The molecule has 0 spiro atoms. The summed E-state index contributed by atoms with van der Waals surface area (Å²) in [5, 5.41) is 2.80. The number of hydrogen-bond acceptors (Lipinski definition) is 5. The van der Waals surface area contributed by atoms with Gasteiger partial charge in [0.05, 0.1) is 13.2 Å². The molecule has 0 saturated heterocycles. The van der Waals surface area contributed by atoms with E-state index in [9.17, 15) is 27.2 Å². The number of thioether (sulfide) groups is 1. The average Bonchev–Trinajstić information content (AvgIpc) is 2.76. The number of amides is 1. The zero-order valence-corrected chi connectivity index (χ0v) is 19.9. The molecule has 1 atom stereocenters. The van der Waals surface area contributed by atoms with Crippen LogP contribution >= 0.6 is 11.8 Å². The summed E-state index contributed by atoms with van der Waals surface area (Å²) in [6.07, 6.45) is 0.0726. The number of methoxy groups -OCH3 is 1. The molecule has 2 aromatic carbocycles. The van der Waals surface area contributed by atoms with Crippen LogP contribution in [0.2, 0.25) is 0 Å². The first-order valence-electron chi connectivity index (χ1n) is 10.5. The first kappa shape index (κ1) is 26.3. The molecule has 1 unspecified atom stereocenters. The number of H-pyrrole nitrogens is 1. The largest absolute Gasteiger partial charge is 0.494 e. The van der Waals surface area contributed by atoms with Crippen LogP contribution in [0.3, 0.4) is 0 Å². The predicted molar refractivity (Wildman–Crippen MR) is 124 cm³/mol. The van der Waals surface area contributed by atoms with Gasteiger partial charge in [-0.25, -0.2) is 9.37 Å². The molecule has 0 aliphatic carbocycles. The molecule has 0 fully saturated rings. The first-order valence-corrected chi connectivity index (χ1v) is 11.4. The second kappa shape index (κ2) is 10.9. The van der Waals surface area contributed by atoms with E-state index >= 15 is 0 Å². The van der Waals surface area contributed by atoms with Crippen LogP contribution in [0.1, 0.15) is 47.3 Å². The molecule has 0 bridgehead atoms. The molecule has 0 aliphatic rings. The van der Waals surface area contributed by atoms with Crippen molar-refractivity contribution in [2.45, 2.75) is 36.7 Å². The Hall–Kier alpha value is -3.34. The number of benzene rings is 2. The van der Waals surface area contributed by atoms with Gasteiger partial charge in [-0.1, -0.05) is 32.0 Å². The lowest BCUT2D eigenvalue weighted by atomic mass is 9.96. The van der Waals surface area contributed by atoms with Crippen molar-refractivity contribution in [1.29, 1.82) is 0 Å². The van der Waals surface area contributed by atoms with Gasteiger partial charge in [0.25, 0.3) is 11.5 Å². The summed E-state index contributed by atoms with van der Waals surface area (Å²) >= 11 is -0.219. The molecule has 186 valence electrons. The highest BCUT2D eigenvalue weighted by molar-refractivity contribution is 8.00.